The molecule has 4 rings (SSSR count). The maximum atomic E-state index is 12.7. The van der Waals surface area contributed by atoms with Crippen molar-refractivity contribution in [2.45, 2.75) is 25.0 Å². The molecule has 28 heavy (non-hydrogen) atoms. The van der Waals surface area contributed by atoms with Gasteiger partial charge in [0.05, 0.1) is 13.2 Å². The second-order valence-electron chi connectivity index (χ2n) is 7.50. The van der Waals surface area contributed by atoms with Gasteiger partial charge in [0, 0.05) is 19.2 Å². The number of carbonyl (C=O) groups excluding carboxylic acids is 1. The van der Waals surface area contributed by atoms with Gasteiger partial charge >= 0.3 is 0 Å². The van der Waals surface area contributed by atoms with Gasteiger partial charge in [-0.1, -0.05) is 18.2 Å². The molecule has 4 atom stereocenters. The minimum absolute atomic E-state index is 0.177. The lowest BCUT2D eigenvalue weighted by Crippen LogP contribution is -2.42. The van der Waals surface area contributed by atoms with Crippen LogP contribution in [-0.4, -0.2) is 53.3 Å². The zero-order valence-corrected chi connectivity index (χ0v) is 15.7. The zero-order chi connectivity index (χ0) is 19.7. The molecular formula is C21H24N2O5. The molecule has 7 nitrogen and oxygen atoms in total. The first-order valence-corrected chi connectivity index (χ1v) is 9.51. The number of fused-ring (bicyclic) bond motifs is 1. The van der Waals surface area contributed by atoms with Gasteiger partial charge in [-0.15, -0.1) is 0 Å². The number of carbonyl (C=O) groups is 1. The largest absolute Gasteiger partial charge is 0.493 e. The maximum absolute atomic E-state index is 12.7. The van der Waals surface area contributed by atoms with E-state index in [0.717, 1.165) is 0 Å². The zero-order valence-electron chi connectivity index (χ0n) is 15.7. The molecular weight excluding hydrogens is 360 g/mol. The number of aromatic nitrogens is 1. The fraction of sp³-hybridized carbons (Fsp3) is 0.429. The molecule has 0 unspecified atom stereocenters. The number of benzene rings is 1. The lowest BCUT2D eigenvalue weighted by molar-refractivity contribution is -0.0240. The van der Waals surface area contributed by atoms with Gasteiger partial charge in [0.25, 0.3) is 5.91 Å². The number of aliphatic hydroxyl groups is 1. The normalized spacial score (nSPS) is 26.6. The Morgan fingerprint density at radius 2 is 1.79 bits per heavy atom. The van der Waals surface area contributed by atoms with E-state index < -0.39 is 6.10 Å². The summed E-state index contributed by atoms with van der Waals surface area (Å²) in [6.07, 6.45) is 0.306. The number of aliphatic hydroxyl groups excluding tert-OH is 1. The lowest BCUT2D eigenvalue weighted by atomic mass is 9.78. The van der Waals surface area contributed by atoms with Crippen molar-refractivity contribution < 1.29 is 19.4 Å². The van der Waals surface area contributed by atoms with Crippen LogP contribution in [0.4, 0.5) is 0 Å². The van der Waals surface area contributed by atoms with Crippen molar-refractivity contribution >= 4 is 5.91 Å². The Bertz CT molecular complexity index is 911. The SMILES string of the molecule is COc1ccccc1O[C@@H]1C[C@@H]2CN(C(=O)c3cccc(=O)[nH]3)C[C@@H]2C[C@H]1O. The number of aromatic amines is 1. The Morgan fingerprint density at radius 1 is 1.07 bits per heavy atom. The molecule has 0 radical (unpaired) electrons. The number of methoxy groups -OCH3 is 1. The van der Waals surface area contributed by atoms with Crippen molar-refractivity contribution in [3.63, 3.8) is 0 Å². The van der Waals surface area contributed by atoms with Gasteiger partial charge in [-0.05, 0) is 42.9 Å². The van der Waals surface area contributed by atoms with Gasteiger partial charge in [-0.25, -0.2) is 0 Å². The van der Waals surface area contributed by atoms with Crippen LogP contribution in [0.15, 0.2) is 47.3 Å². The Balaban J connectivity index is 1.45. The van der Waals surface area contributed by atoms with E-state index in [-0.39, 0.29) is 29.4 Å². The van der Waals surface area contributed by atoms with Crippen LogP contribution in [0.2, 0.25) is 0 Å². The Kier molecular flexibility index (Phi) is 5.09. The summed E-state index contributed by atoms with van der Waals surface area (Å²) < 4.78 is 11.4. The molecule has 1 aromatic carbocycles. The number of amides is 1. The minimum Gasteiger partial charge on any atom is -0.493 e. The van der Waals surface area contributed by atoms with Crippen molar-refractivity contribution in [2.24, 2.45) is 11.8 Å². The van der Waals surface area contributed by atoms with Crippen LogP contribution in [0.3, 0.4) is 0 Å². The third-order valence-corrected chi connectivity index (χ3v) is 5.72. The van der Waals surface area contributed by atoms with E-state index in [1.54, 1.807) is 24.1 Å². The molecule has 1 saturated heterocycles. The van der Waals surface area contributed by atoms with Gasteiger partial charge < -0.3 is 24.5 Å². The number of likely N-dealkylation sites (tertiary alicyclic amines) is 1. The number of hydrogen-bond donors (Lipinski definition) is 2. The Labute approximate surface area is 162 Å². The fourth-order valence-corrected chi connectivity index (χ4v) is 4.30. The lowest BCUT2D eigenvalue weighted by Gasteiger charge is -2.35. The summed E-state index contributed by atoms with van der Waals surface area (Å²) in [5, 5.41) is 10.6. The second kappa shape index (κ2) is 7.67. The standard InChI is InChI=1S/C21H24N2O5/c1-27-17-6-2-3-7-18(17)28-19-10-14-12-23(11-13(14)9-16(19)24)21(26)15-5-4-8-20(25)22-15/h2-8,13-14,16,19,24H,9-12H2,1H3,(H,22,25)/t13-,14+,16+,19+/m0/s1. The summed E-state index contributed by atoms with van der Waals surface area (Å²) in [5.74, 6) is 1.55. The molecule has 2 aromatic rings. The van der Waals surface area contributed by atoms with E-state index in [4.69, 9.17) is 9.47 Å². The monoisotopic (exact) mass is 384 g/mol. The van der Waals surface area contributed by atoms with Crippen molar-refractivity contribution in [3.8, 4) is 11.5 Å². The number of nitrogens with zero attached hydrogens (tertiary/aromatic N) is 1. The van der Waals surface area contributed by atoms with Crippen molar-refractivity contribution in [3.05, 3.63) is 58.5 Å². The summed E-state index contributed by atoms with van der Waals surface area (Å²) in [6, 6.07) is 12.0. The van der Waals surface area contributed by atoms with Gasteiger partial charge in [-0.2, -0.15) is 0 Å². The van der Waals surface area contributed by atoms with Crippen LogP contribution < -0.4 is 15.0 Å². The summed E-state index contributed by atoms with van der Waals surface area (Å²) in [6.45, 7) is 1.18. The maximum Gasteiger partial charge on any atom is 0.270 e. The number of ether oxygens (including phenoxy) is 2. The molecule has 0 bridgehead atoms. The average Bonchev–Trinajstić information content (AvgIpc) is 3.10. The van der Waals surface area contributed by atoms with Crippen LogP contribution in [0, 0.1) is 11.8 Å². The molecule has 1 saturated carbocycles. The fourth-order valence-electron chi connectivity index (χ4n) is 4.30. The van der Waals surface area contributed by atoms with E-state index in [9.17, 15) is 14.7 Å². The summed E-state index contributed by atoms with van der Waals surface area (Å²) >= 11 is 0. The van der Waals surface area contributed by atoms with Crippen LogP contribution in [0.1, 0.15) is 23.3 Å². The molecule has 2 heterocycles. The quantitative estimate of drug-likeness (QED) is 0.837. The third-order valence-electron chi connectivity index (χ3n) is 5.72. The second-order valence-corrected chi connectivity index (χ2v) is 7.50. The van der Waals surface area contributed by atoms with Crippen molar-refractivity contribution in [1.29, 1.82) is 0 Å². The van der Waals surface area contributed by atoms with Crippen molar-refractivity contribution in [1.82, 2.24) is 9.88 Å². The third kappa shape index (κ3) is 3.62. The number of pyridine rings is 1. The molecule has 7 heteroatoms. The van der Waals surface area contributed by atoms with Crippen LogP contribution in [0.25, 0.3) is 0 Å². The molecule has 1 aromatic heterocycles. The first kappa shape index (κ1) is 18.6. The van der Waals surface area contributed by atoms with Crippen LogP contribution in [-0.2, 0) is 0 Å². The first-order valence-electron chi connectivity index (χ1n) is 9.51. The van der Waals surface area contributed by atoms with E-state index in [1.165, 1.54) is 6.07 Å². The highest BCUT2D eigenvalue weighted by molar-refractivity contribution is 5.92. The summed E-state index contributed by atoms with van der Waals surface area (Å²) in [4.78, 5) is 28.6. The molecule has 1 aliphatic carbocycles. The van der Waals surface area contributed by atoms with E-state index >= 15 is 0 Å². The molecule has 2 N–H and O–H groups in total. The number of H-pyrrole nitrogens is 1. The highest BCUT2D eigenvalue weighted by atomic mass is 16.5. The van der Waals surface area contributed by atoms with Gasteiger partial charge in [0.15, 0.2) is 11.5 Å². The first-order chi connectivity index (χ1) is 13.5. The summed E-state index contributed by atoms with van der Waals surface area (Å²) in [5.41, 5.74) is 0.0108. The topological polar surface area (TPSA) is 91.9 Å². The van der Waals surface area contributed by atoms with Gasteiger partial charge in [0.1, 0.15) is 11.8 Å². The van der Waals surface area contributed by atoms with Crippen molar-refractivity contribution in [2.75, 3.05) is 20.2 Å². The number of hydrogen-bond acceptors (Lipinski definition) is 5. The molecule has 2 fully saturated rings. The molecule has 1 amide bonds. The molecule has 0 spiro atoms. The predicted molar refractivity (Wildman–Crippen MR) is 103 cm³/mol. The Morgan fingerprint density at radius 3 is 2.50 bits per heavy atom. The highest BCUT2D eigenvalue weighted by Crippen LogP contribution is 2.39. The number of nitrogens with one attached hydrogen (secondary N) is 1. The molecule has 2 aliphatic rings. The van der Waals surface area contributed by atoms with E-state index in [0.29, 0.717) is 43.1 Å². The smallest absolute Gasteiger partial charge is 0.270 e. The molecule has 1 aliphatic heterocycles. The number of rotatable bonds is 4. The van der Waals surface area contributed by atoms with E-state index in [1.807, 2.05) is 24.3 Å². The minimum atomic E-state index is -0.599. The van der Waals surface area contributed by atoms with Gasteiger partial charge in [-0.3, -0.25) is 9.59 Å². The average molecular weight is 384 g/mol. The number of para-hydroxylation sites is 2. The predicted octanol–water partition coefficient (Wildman–Crippen LogP) is 1.67. The summed E-state index contributed by atoms with van der Waals surface area (Å²) in [7, 11) is 1.59. The van der Waals surface area contributed by atoms with Gasteiger partial charge in [0.2, 0.25) is 5.56 Å². The van der Waals surface area contributed by atoms with E-state index in [2.05, 4.69) is 4.98 Å². The van der Waals surface area contributed by atoms with Crippen LogP contribution in [0.5, 0.6) is 11.5 Å². The van der Waals surface area contributed by atoms with Crippen LogP contribution >= 0.6 is 0 Å². The highest BCUT2D eigenvalue weighted by Gasteiger charge is 2.44. The Hall–Kier alpha value is -2.80. The molecule has 148 valence electrons.